The lowest BCUT2D eigenvalue weighted by Crippen LogP contribution is -2.26. The molecule has 174 valence electrons. The summed E-state index contributed by atoms with van der Waals surface area (Å²) in [5.74, 6) is 0.0822. The Hall–Kier alpha value is -4.72. The van der Waals surface area contributed by atoms with Gasteiger partial charge in [-0.05, 0) is 59.5 Å². The van der Waals surface area contributed by atoms with Crippen molar-refractivity contribution in [3.05, 3.63) is 102 Å². The molecule has 0 radical (unpaired) electrons. The van der Waals surface area contributed by atoms with Crippen molar-refractivity contribution in [2.45, 2.75) is 6.61 Å². The van der Waals surface area contributed by atoms with E-state index in [1.807, 2.05) is 30.3 Å². The van der Waals surface area contributed by atoms with E-state index in [1.54, 1.807) is 48.5 Å². The molecule has 1 aromatic heterocycles. The summed E-state index contributed by atoms with van der Waals surface area (Å²) in [6, 6.07) is 23.2. The standard InChI is InChI=1S/C27H22N4O4/c32-25(19-6-8-21(9-7-19)31-27-29-14-15-30-27)35-22-10-11-23-20(16-22)12-13-28-24(23)26(33)34-17-18-4-2-1-3-5-18/h1-13,16H,14-15,17H2,(H2,29,30,31). The highest BCUT2D eigenvalue weighted by Crippen LogP contribution is 2.24. The van der Waals surface area contributed by atoms with Gasteiger partial charge in [0.2, 0.25) is 0 Å². The zero-order valence-corrected chi connectivity index (χ0v) is 18.7. The van der Waals surface area contributed by atoms with Crippen LogP contribution >= 0.6 is 0 Å². The molecule has 0 saturated heterocycles. The van der Waals surface area contributed by atoms with Gasteiger partial charge in [0.05, 0.1) is 12.1 Å². The number of esters is 2. The van der Waals surface area contributed by atoms with Gasteiger partial charge in [-0.3, -0.25) is 4.99 Å². The van der Waals surface area contributed by atoms with Crippen molar-refractivity contribution in [2.24, 2.45) is 4.99 Å². The number of fused-ring (bicyclic) bond motifs is 1. The molecule has 3 aromatic carbocycles. The summed E-state index contributed by atoms with van der Waals surface area (Å²) in [6.45, 7) is 1.71. The molecule has 2 heterocycles. The highest BCUT2D eigenvalue weighted by atomic mass is 16.5. The SMILES string of the molecule is O=C(Oc1ccc2c(C(=O)OCc3ccccc3)nccc2c1)c1ccc(NC2=NCCN2)cc1. The summed E-state index contributed by atoms with van der Waals surface area (Å²) in [4.78, 5) is 33.7. The molecule has 0 saturated carbocycles. The van der Waals surface area contributed by atoms with Gasteiger partial charge in [0.1, 0.15) is 12.4 Å². The molecule has 0 atom stereocenters. The number of nitrogens with zero attached hydrogens (tertiary/aromatic N) is 2. The third-order valence-corrected chi connectivity index (χ3v) is 5.41. The van der Waals surface area contributed by atoms with Crippen LogP contribution in [0.25, 0.3) is 10.8 Å². The van der Waals surface area contributed by atoms with Crippen molar-refractivity contribution >= 4 is 34.4 Å². The van der Waals surface area contributed by atoms with Crippen LogP contribution in [0.3, 0.4) is 0 Å². The first kappa shape index (κ1) is 22.1. The van der Waals surface area contributed by atoms with E-state index >= 15 is 0 Å². The van der Waals surface area contributed by atoms with Crippen LogP contribution in [0, 0.1) is 0 Å². The van der Waals surface area contributed by atoms with E-state index in [9.17, 15) is 9.59 Å². The third kappa shape index (κ3) is 5.27. The van der Waals surface area contributed by atoms with Crippen molar-refractivity contribution in [1.82, 2.24) is 10.3 Å². The summed E-state index contributed by atoms with van der Waals surface area (Å²) in [7, 11) is 0. The average molecular weight is 466 g/mol. The number of anilines is 1. The van der Waals surface area contributed by atoms with Gasteiger partial charge in [-0.1, -0.05) is 30.3 Å². The molecule has 35 heavy (non-hydrogen) atoms. The maximum absolute atomic E-state index is 12.6. The van der Waals surface area contributed by atoms with Crippen LogP contribution < -0.4 is 15.4 Å². The molecule has 2 N–H and O–H groups in total. The van der Waals surface area contributed by atoms with Crippen LogP contribution in [-0.2, 0) is 11.3 Å². The predicted molar refractivity (Wildman–Crippen MR) is 133 cm³/mol. The number of pyridine rings is 1. The van der Waals surface area contributed by atoms with E-state index in [1.165, 1.54) is 6.20 Å². The van der Waals surface area contributed by atoms with Gasteiger partial charge in [-0.15, -0.1) is 0 Å². The zero-order chi connectivity index (χ0) is 24.0. The number of carbonyl (C=O) groups excluding carboxylic acids is 2. The lowest BCUT2D eigenvalue weighted by molar-refractivity contribution is 0.0468. The van der Waals surface area contributed by atoms with Crippen LogP contribution in [0.4, 0.5) is 5.69 Å². The summed E-state index contributed by atoms with van der Waals surface area (Å²) >= 11 is 0. The molecule has 8 heteroatoms. The van der Waals surface area contributed by atoms with Crippen LogP contribution in [0.2, 0.25) is 0 Å². The van der Waals surface area contributed by atoms with Gasteiger partial charge in [0, 0.05) is 23.8 Å². The Morgan fingerprint density at radius 3 is 2.54 bits per heavy atom. The van der Waals surface area contributed by atoms with E-state index in [0.29, 0.717) is 28.0 Å². The number of carbonyl (C=O) groups is 2. The van der Waals surface area contributed by atoms with Crippen molar-refractivity contribution in [1.29, 1.82) is 0 Å². The van der Waals surface area contributed by atoms with Gasteiger partial charge in [-0.2, -0.15) is 0 Å². The smallest absolute Gasteiger partial charge is 0.357 e. The maximum atomic E-state index is 12.6. The van der Waals surface area contributed by atoms with Gasteiger partial charge in [0.15, 0.2) is 11.7 Å². The maximum Gasteiger partial charge on any atom is 0.357 e. The van der Waals surface area contributed by atoms with Crippen LogP contribution in [0.15, 0.2) is 90.1 Å². The Balaban J connectivity index is 1.26. The van der Waals surface area contributed by atoms with E-state index < -0.39 is 11.9 Å². The van der Waals surface area contributed by atoms with Crippen LogP contribution in [0.5, 0.6) is 5.75 Å². The molecule has 0 bridgehead atoms. The number of aromatic nitrogens is 1. The van der Waals surface area contributed by atoms with E-state index in [-0.39, 0.29) is 12.3 Å². The second-order valence-electron chi connectivity index (χ2n) is 7.85. The Bertz CT molecular complexity index is 1400. The predicted octanol–water partition coefficient (Wildman–Crippen LogP) is 4.18. The largest absolute Gasteiger partial charge is 0.456 e. The molecular formula is C27H22N4O4. The number of hydrogen-bond donors (Lipinski definition) is 2. The topological polar surface area (TPSA) is 102 Å². The first-order valence-electron chi connectivity index (χ1n) is 11.1. The van der Waals surface area contributed by atoms with Gasteiger partial charge in [0.25, 0.3) is 0 Å². The first-order valence-corrected chi connectivity index (χ1v) is 11.1. The number of nitrogens with one attached hydrogen (secondary N) is 2. The molecule has 1 aliphatic rings. The molecular weight excluding hydrogens is 444 g/mol. The fourth-order valence-corrected chi connectivity index (χ4v) is 3.65. The second kappa shape index (κ2) is 10.0. The van der Waals surface area contributed by atoms with Crippen LogP contribution in [0.1, 0.15) is 26.4 Å². The quantitative estimate of drug-likeness (QED) is 0.325. The summed E-state index contributed by atoms with van der Waals surface area (Å²) in [5.41, 5.74) is 2.33. The minimum atomic E-state index is -0.517. The van der Waals surface area contributed by atoms with Gasteiger partial charge >= 0.3 is 11.9 Å². The van der Waals surface area contributed by atoms with Gasteiger partial charge in [-0.25, -0.2) is 14.6 Å². The Morgan fingerprint density at radius 2 is 1.77 bits per heavy atom. The third-order valence-electron chi connectivity index (χ3n) is 5.41. The molecule has 0 spiro atoms. The molecule has 0 unspecified atom stereocenters. The van der Waals surface area contributed by atoms with Crippen LogP contribution in [-0.4, -0.2) is 36.0 Å². The number of aliphatic imine (C=N–C) groups is 1. The van der Waals surface area contributed by atoms with Crippen molar-refractivity contribution in [3.63, 3.8) is 0 Å². The molecule has 0 amide bonds. The van der Waals surface area contributed by atoms with Gasteiger partial charge < -0.3 is 20.1 Å². The zero-order valence-electron chi connectivity index (χ0n) is 18.7. The number of ether oxygens (including phenoxy) is 2. The highest BCUT2D eigenvalue weighted by Gasteiger charge is 2.15. The minimum absolute atomic E-state index is 0.159. The Kier molecular flexibility index (Phi) is 6.34. The molecule has 5 rings (SSSR count). The lowest BCUT2D eigenvalue weighted by Gasteiger charge is -2.10. The fraction of sp³-hybridized carbons (Fsp3) is 0.111. The molecule has 0 fully saturated rings. The second-order valence-corrected chi connectivity index (χ2v) is 7.85. The number of hydrogen-bond acceptors (Lipinski definition) is 8. The number of benzene rings is 3. The van der Waals surface area contributed by atoms with Crippen molar-refractivity contribution in [3.8, 4) is 5.75 Å². The fourth-order valence-electron chi connectivity index (χ4n) is 3.65. The molecule has 0 aliphatic carbocycles. The molecule has 1 aliphatic heterocycles. The normalized spacial score (nSPS) is 12.5. The Labute approximate surface area is 201 Å². The molecule has 8 nitrogen and oxygen atoms in total. The summed E-state index contributed by atoms with van der Waals surface area (Å²) in [6.07, 6.45) is 1.53. The van der Waals surface area contributed by atoms with E-state index in [4.69, 9.17) is 9.47 Å². The Morgan fingerprint density at radius 1 is 0.943 bits per heavy atom. The highest BCUT2D eigenvalue weighted by molar-refractivity contribution is 6.03. The van der Waals surface area contributed by atoms with Crippen molar-refractivity contribution < 1.29 is 19.1 Å². The number of guanidine groups is 1. The summed E-state index contributed by atoms with van der Waals surface area (Å²) < 4.78 is 11.0. The van der Waals surface area contributed by atoms with Crippen molar-refractivity contribution in [2.75, 3.05) is 18.4 Å². The van der Waals surface area contributed by atoms with E-state index in [2.05, 4.69) is 20.6 Å². The minimum Gasteiger partial charge on any atom is -0.456 e. The lowest BCUT2D eigenvalue weighted by atomic mass is 10.1. The monoisotopic (exact) mass is 466 g/mol. The summed E-state index contributed by atoms with van der Waals surface area (Å²) in [5, 5.41) is 7.61. The number of rotatable bonds is 6. The average Bonchev–Trinajstić information content (AvgIpc) is 3.41. The first-order chi connectivity index (χ1) is 17.2. The van der Waals surface area contributed by atoms with E-state index in [0.717, 1.165) is 24.3 Å². The molecule has 4 aromatic rings.